The molecule has 1 aliphatic heterocycles. The van der Waals surface area contributed by atoms with Gasteiger partial charge in [-0.1, -0.05) is 25.0 Å². The lowest BCUT2D eigenvalue weighted by atomic mass is 10.1. The van der Waals surface area contributed by atoms with Crippen LogP contribution in [0.3, 0.4) is 0 Å². The number of aliphatic imine (C=N–C) groups is 1. The molecular formula is C21H34N4O3S. The molecule has 1 saturated carbocycles. The summed E-state index contributed by atoms with van der Waals surface area (Å²) in [6.07, 6.45) is 8.08. The zero-order valence-corrected chi connectivity index (χ0v) is 18.2. The molecule has 1 aromatic rings. The van der Waals surface area contributed by atoms with Crippen LogP contribution in [0.1, 0.15) is 51.2 Å². The topological polar surface area (TPSA) is 86.9 Å². The summed E-state index contributed by atoms with van der Waals surface area (Å²) in [5, 5.41) is 2.98. The maximum absolute atomic E-state index is 12.9. The van der Waals surface area contributed by atoms with Gasteiger partial charge in [0.05, 0.1) is 18.1 Å². The first kappa shape index (κ1) is 21.9. The van der Waals surface area contributed by atoms with E-state index in [1.54, 1.807) is 6.26 Å². The Labute approximate surface area is 174 Å². The molecule has 1 aliphatic carbocycles. The van der Waals surface area contributed by atoms with Crippen LogP contribution in [0.5, 0.6) is 0 Å². The standard InChI is InChI=1S/C21H34N4O3S/c1-17(2)15-23-21(22-12-11-19-9-6-14-28-19)25-13-5-10-20(16-25)29(26,27)24-18-7-3-4-8-18/h6,9,14,18,20,24H,1,3-5,7-8,10-13,15-16H2,2H3,(H,22,23). The van der Waals surface area contributed by atoms with Crippen LogP contribution in [-0.4, -0.2) is 56.7 Å². The average molecular weight is 423 g/mol. The normalized spacial score (nSPS) is 21.5. The predicted octanol–water partition coefficient (Wildman–Crippen LogP) is 2.67. The SMILES string of the molecule is C=C(C)CN=C(NCCc1ccco1)N1CCCC(S(=O)(=O)NC2CCCC2)C1. The summed E-state index contributed by atoms with van der Waals surface area (Å²) in [5.74, 6) is 1.66. The Bertz CT molecular complexity index is 783. The highest BCUT2D eigenvalue weighted by Gasteiger charge is 2.34. The highest BCUT2D eigenvalue weighted by molar-refractivity contribution is 7.90. The summed E-state index contributed by atoms with van der Waals surface area (Å²) >= 11 is 0. The van der Waals surface area contributed by atoms with Gasteiger partial charge in [0, 0.05) is 32.1 Å². The van der Waals surface area contributed by atoms with Gasteiger partial charge in [0.25, 0.3) is 0 Å². The number of guanidine groups is 1. The molecule has 0 aromatic carbocycles. The Hall–Kier alpha value is -1.80. The number of rotatable bonds is 8. The largest absolute Gasteiger partial charge is 0.469 e. The van der Waals surface area contributed by atoms with E-state index in [4.69, 9.17) is 4.42 Å². The van der Waals surface area contributed by atoms with Crippen molar-refractivity contribution in [3.8, 4) is 0 Å². The molecule has 1 aromatic heterocycles. The van der Waals surface area contributed by atoms with E-state index in [0.717, 1.165) is 62.4 Å². The van der Waals surface area contributed by atoms with Gasteiger partial charge in [-0.05, 0) is 44.7 Å². The number of sulfonamides is 1. The Kier molecular flexibility index (Phi) is 7.77. The fourth-order valence-corrected chi connectivity index (χ4v) is 5.73. The van der Waals surface area contributed by atoms with Crippen molar-refractivity contribution in [2.75, 3.05) is 26.2 Å². The second-order valence-corrected chi connectivity index (χ2v) is 10.2. The molecule has 0 bridgehead atoms. The van der Waals surface area contributed by atoms with E-state index in [1.165, 1.54) is 0 Å². The zero-order chi connectivity index (χ0) is 20.7. The van der Waals surface area contributed by atoms with Crippen LogP contribution in [0.25, 0.3) is 0 Å². The number of piperidine rings is 1. The van der Waals surface area contributed by atoms with Crippen LogP contribution in [0, 0.1) is 0 Å². The Morgan fingerprint density at radius 2 is 2.10 bits per heavy atom. The minimum Gasteiger partial charge on any atom is -0.469 e. The summed E-state index contributed by atoms with van der Waals surface area (Å²) in [6.45, 7) is 8.34. The van der Waals surface area contributed by atoms with E-state index in [-0.39, 0.29) is 6.04 Å². The van der Waals surface area contributed by atoms with Crippen LogP contribution < -0.4 is 10.0 Å². The van der Waals surface area contributed by atoms with E-state index < -0.39 is 15.3 Å². The summed E-state index contributed by atoms with van der Waals surface area (Å²) in [7, 11) is -3.33. The van der Waals surface area contributed by atoms with Gasteiger partial charge in [0.2, 0.25) is 10.0 Å². The van der Waals surface area contributed by atoms with Gasteiger partial charge in [-0.3, -0.25) is 0 Å². The third kappa shape index (κ3) is 6.60. The molecule has 7 nitrogen and oxygen atoms in total. The molecule has 0 amide bonds. The predicted molar refractivity (Wildman–Crippen MR) is 116 cm³/mol. The van der Waals surface area contributed by atoms with Crippen molar-refractivity contribution in [1.82, 2.24) is 14.9 Å². The van der Waals surface area contributed by atoms with Gasteiger partial charge in [-0.2, -0.15) is 0 Å². The first-order valence-electron chi connectivity index (χ1n) is 10.7. The minimum atomic E-state index is -3.33. The van der Waals surface area contributed by atoms with Crippen LogP contribution in [0.4, 0.5) is 0 Å². The van der Waals surface area contributed by atoms with Crippen molar-refractivity contribution in [2.45, 2.75) is 63.2 Å². The van der Waals surface area contributed by atoms with Crippen molar-refractivity contribution in [3.63, 3.8) is 0 Å². The second kappa shape index (κ2) is 10.3. The van der Waals surface area contributed by atoms with Gasteiger partial charge in [0.1, 0.15) is 5.76 Å². The average Bonchev–Trinajstić information content (AvgIpc) is 3.38. The maximum Gasteiger partial charge on any atom is 0.216 e. The van der Waals surface area contributed by atoms with Crippen molar-refractivity contribution in [1.29, 1.82) is 0 Å². The zero-order valence-electron chi connectivity index (χ0n) is 17.4. The van der Waals surface area contributed by atoms with E-state index in [0.29, 0.717) is 26.1 Å². The quantitative estimate of drug-likeness (QED) is 0.382. The van der Waals surface area contributed by atoms with Crippen molar-refractivity contribution in [2.24, 2.45) is 4.99 Å². The van der Waals surface area contributed by atoms with Gasteiger partial charge in [-0.15, -0.1) is 0 Å². The molecule has 162 valence electrons. The van der Waals surface area contributed by atoms with Gasteiger partial charge in [-0.25, -0.2) is 18.1 Å². The molecule has 2 heterocycles. The number of hydrogen-bond acceptors (Lipinski definition) is 4. The summed E-state index contributed by atoms with van der Waals surface area (Å²) < 4.78 is 34.2. The molecular weight excluding hydrogens is 388 g/mol. The highest BCUT2D eigenvalue weighted by atomic mass is 32.2. The number of likely N-dealkylation sites (tertiary alicyclic amines) is 1. The monoisotopic (exact) mass is 422 g/mol. The first-order valence-corrected chi connectivity index (χ1v) is 12.2. The molecule has 29 heavy (non-hydrogen) atoms. The molecule has 1 atom stereocenters. The number of nitrogens with one attached hydrogen (secondary N) is 2. The van der Waals surface area contributed by atoms with Gasteiger partial charge >= 0.3 is 0 Å². The Morgan fingerprint density at radius 1 is 1.31 bits per heavy atom. The number of hydrogen-bond donors (Lipinski definition) is 2. The fourth-order valence-electron chi connectivity index (χ4n) is 3.99. The number of nitrogens with zero attached hydrogens (tertiary/aromatic N) is 2. The summed E-state index contributed by atoms with van der Waals surface area (Å²) in [6, 6.07) is 3.94. The van der Waals surface area contributed by atoms with Crippen molar-refractivity contribution in [3.05, 3.63) is 36.3 Å². The van der Waals surface area contributed by atoms with Crippen LogP contribution in [0.15, 0.2) is 40.0 Å². The molecule has 1 unspecified atom stereocenters. The molecule has 2 aliphatic rings. The highest BCUT2D eigenvalue weighted by Crippen LogP contribution is 2.22. The molecule has 0 radical (unpaired) electrons. The second-order valence-electron chi connectivity index (χ2n) is 8.21. The fraction of sp³-hybridized carbons (Fsp3) is 0.667. The van der Waals surface area contributed by atoms with E-state index >= 15 is 0 Å². The maximum atomic E-state index is 12.9. The van der Waals surface area contributed by atoms with Gasteiger partial charge in [0.15, 0.2) is 5.96 Å². The molecule has 1 saturated heterocycles. The minimum absolute atomic E-state index is 0.110. The van der Waals surface area contributed by atoms with Crippen molar-refractivity contribution < 1.29 is 12.8 Å². The van der Waals surface area contributed by atoms with Crippen LogP contribution in [-0.2, 0) is 16.4 Å². The summed E-state index contributed by atoms with van der Waals surface area (Å²) in [5.41, 5.74) is 0.972. The smallest absolute Gasteiger partial charge is 0.216 e. The molecule has 0 spiro atoms. The molecule has 2 N–H and O–H groups in total. The lowest BCUT2D eigenvalue weighted by Gasteiger charge is -2.35. The van der Waals surface area contributed by atoms with Gasteiger partial charge < -0.3 is 14.6 Å². The Balaban J connectivity index is 1.62. The first-order chi connectivity index (χ1) is 13.9. The molecule has 3 rings (SSSR count). The van der Waals surface area contributed by atoms with E-state index in [2.05, 4.69) is 26.5 Å². The van der Waals surface area contributed by atoms with E-state index in [9.17, 15) is 8.42 Å². The Morgan fingerprint density at radius 3 is 2.79 bits per heavy atom. The lowest BCUT2D eigenvalue weighted by molar-refractivity contribution is 0.328. The van der Waals surface area contributed by atoms with Crippen molar-refractivity contribution >= 4 is 16.0 Å². The third-order valence-electron chi connectivity index (χ3n) is 5.54. The van der Waals surface area contributed by atoms with Crippen LogP contribution >= 0.6 is 0 Å². The molecule has 2 fully saturated rings. The summed E-state index contributed by atoms with van der Waals surface area (Å²) in [4.78, 5) is 6.75. The lowest BCUT2D eigenvalue weighted by Crippen LogP contribution is -2.53. The van der Waals surface area contributed by atoms with Crippen LogP contribution in [0.2, 0.25) is 0 Å². The van der Waals surface area contributed by atoms with E-state index in [1.807, 2.05) is 19.1 Å². The number of furan rings is 1. The third-order valence-corrected chi connectivity index (χ3v) is 7.46. The molecule has 8 heteroatoms.